The fourth-order valence-electron chi connectivity index (χ4n) is 3.85. The van der Waals surface area contributed by atoms with Gasteiger partial charge in [0.15, 0.2) is 0 Å². The molecule has 1 aromatic rings. The van der Waals surface area contributed by atoms with Crippen molar-refractivity contribution in [2.24, 2.45) is 5.92 Å². The number of ether oxygens (including phenoxy) is 1. The smallest absolute Gasteiger partial charge is 0.230 e. The maximum atomic E-state index is 12.5. The first-order valence-corrected chi connectivity index (χ1v) is 9.07. The number of amides is 1. The summed E-state index contributed by atoms with van der Waals surface area (Å²) >= 11 is 0. The SMILES string of the molecule is C[C@H]1Cc2cc([C@@H](O)CN3CCOCC3)ccc2N1C(=O)C1CC1. The van der Waals surface area contributed by atoms with Crippen LogP contribution in [0, 0.1) is 5.92 Å². The number of benzene rings is 1. The molecule has 0 bridgehead atoms. The van der Waals surface area contributed by atoms with Crippen LogP contribution in [0.5, 0.6) is 0 Å². The number of carbonyl (C=O) groups is 1. The van der Waals surface area contributed by atoms with Gasteiger partial charge in [0.1, 0.15) is 0 Å². The first-order chi connectivity index (χ1) is 11.6. The second-order valence-electron chi connectivity index (χ2n) is 7.35. The number of fused-ring (bicyclic) bond motifs is 1. The molecule has 2 heterocycles. The average molecular weight is 330 g/mol. The van der Waals surface area contributed by atoms with Crippen LogP contribution in [-0.2, 0) is 16.0 Å². The van der Waals surface area contributed by atoms with E-state index >= 15 is 0 Å². The first kappa shape index (κ1) is 16.1. The molecule has 0 spiro atoms. The molecule has 3 aliphatic rings. The van der Waals surface area contributed by atoms with Gasteiger partial charge in [-0.2, -0.15) is 0 Å². The Morgan fingerprint density at radius 2 is 2.08 bits per heavy atom. The zero-order chi connectivity index (χ0) is 16.7. The van der Waals surface area contributed by atoms with Crippen LogP contribution in [-0.4, -0.2) is 54.8 Å². The molecule has 0 radical (unpaired) electrons. The van der Waals surface area contributed by atoms with Crippen LogP contribution in [0.2, 0.25) is 0 Å². The summed E-state index contributed by atoms with van der Waals surface area (Å²) in [6, 6.07) is 6.32. The van der Waals surface area contributed by atoms with E-state index < -0.39 is 6.10 Å². The molecule has 1 saturated carbocycles. The molecule has 4 rings (SSSR count). The fourth-order valence-corrected chi connectivity index (χ4v) is 3.85. The number of hydrogen-bond donors (Lipinski definition) is 1. The summed E-state index contributed by atoms with van der Waals surface area (Å²) in [6.45, 7) is 6.00. The molecular formula is C19H26N2O3. The number of hydrogen-bond acceptors (Lipinski definition) is 4. The number of β-amino-alcohol motifs (C(OH)–C–C–N with tert-alkyl or cyclic N) is 1. The average Bonchev–Trinajstić information content (AvgIpc) is 3.37. The molecule has 2 atom stereocenters. The van der Waals surface area contributed by atoms with Crippen molar-refractivity contribution in [1.82, 2.24) is 4.90 Å². The van der Waals surface area contributed by atoms with Crippen LogP contribution >= 0.6 is 0 Å². The van der Waals surface area contributed by atoms with Crippen LogP contribution in [0.15, 0.2) is 18.2 Å². The molecule has 1 amide bonds. The summed E-state index contributed by atoms with van der Waals surface area (Å²) < 4.78 is 5.36. The van der Waals surface area contributed by atoms with E-state index in [0.29, 0.717) is 6.54 Å². The number of aliphatic hydroxyl groups excluding tert-OH is 1. The third kappa shape index (κ3) is 3.08. The highest BCUT2D eigenvalue weighted by molar-refractivity contribution is 5.98. The Labute approximate surface area is 143 Å². The zero-order valence-corrected chi connectivity index (χ0v) is 14.3. The molecule has 1 saturated heterocycles. The van der Waals surface area contributed by atoms with E-state index in [1.54, 1.807) is 0 Å². The summed E-state index contributed by atoms with van der Waals surface area (Å²) in [5, 5.41) is 10.6. The molecule has 1 N–H and O–H groups in total. The van der Waals surface area contributed by atoms with Gasteiger partial charge in [0.05, 0.1) is 19.3 Å². The van der Waals surface area contributed by atoms with Gasteiger partial charge in [0.25, 0.3) is 0 Å². The molecule has 0 aromatic heterocycles. The van der Waals surface area contributed by atoms with Gasteiger partial charge >= 0.3 is 0 Å². The second-order valence-corrected chi connectivity index (χ2v) is 7.35. The molecular weight excluding hydrogens is 304 g/mol. The lowest BCUT2D eigenvalue weighted by molar-refractivity contribution is -0.120. The van der Waals surface area contributed by atoms with Gasteiger partial charge in [0, 0.05) is 37.3 Å². The van der Waals surface area contributed by atoms with Crippen molar-refractivity contribution < 1.29 is 14.6 Å². The standard InChI is InChI=1S/C19H26N2O3/c1-13-10-16-11-15(18(22)12-20-6-8-24-9-7-20)4-5-17(16)21(13)19(23)14-2-3-14/h4-5,11,13-14,18,22H,2-3,6-10,12H2,1H3/t13-,18-/m0/s1. The van der Waals surface area contributed by atoms with E-state index in [-0.39, 0.29) is 17.9 Å². The summed E-state index contributed by atoms with van der Waals surface area (Å²) in [5.74, 6) is 0.521. The molecule has 2 fully saturated rings. The second kappa shape index (κ2) is 6.47. The lowest BCUT2D eigenvalue weighted by atomic mass is 10.0. The van der Waals surface area contributed by atoms with E-state index in [2.05, 4.69) is 17.9 Å². The number of carbonyl (C=O) groups excluding carboxylic acids is 1. The van der Waals surface area contributed by atoms with Gasteiger partial charge in [-0.3, -0.25) is 9.69 Å². The molecule has 0 unspecified atom stereocenters. The van der Waals surface area contributed by atoms with Gasteiger partial charge in [-0.25, -0.2) is 0 Å². The van der Waals surface area contributed by atoms with Crippen molar-refractivity contribution in [3.05, 3.63) is 29.3 Å². The van der Waals surface area contributed by atoms with E-state index in [1.165, 1.54) is 5.56 Å². The van der Waals surface area contributed by atoms with Crippen molar-refractivity contribution in [3.8, 4) is 0 Å². The van der Waals surface area contributed by atoms with Crippen molar-refractivity contribution in [3.63, 3.8) is 0 Å². The Morgan fingerprint density at radius 3 is 2.79 bits per heavy atom. The number of aliphatic hydroxyl groups is 1. The van der Waals surface area contributed by atoms with E-state index in [9.17, 15) is 9.90 Å². The fraction of sp³-hybridized carbons (Fsp3) is 0.632. The van der Waals surface area contributed by atoms with E-state index in [0.717, 1.165) is 56.8 Å². The van der Waals surface area contributed by atoms with Gasteiger partial charge < -0.3 is 14.7 Å². The highest BCUT2D eigenvalue weighted by Gasteiger charge is 2.39. The summed E-state index contributed by atoms with van der Waals surface area (Å²) in [4.78, 5) is 16.7. The Hall–Kier alpha value is -1.43. The Morgan fingerprint density at radius 1 is 1.33 bits per heavy atom. The molecule has 5 heteroatoms. The third-order valence-corrected chi connectivity index (χ3v) is 5.40. The first-order valence-electron chi connectivity index (χ1n) is 9.07. The van der Waals surface area contributed by atoms with Gasteiger partial charge in [-0.1, -0.05) is 12.1 Å². The molecule has 24 heavy (non-hydrogen) atoms. The van der Waals surface area contributed by atoms with Crippen LogP contribution in [0.1, 0.15) is 37.0 Å². The summed E-state index contributed by atoms with van der Waals surface area (Å²) in [7, 11) is 0. The van der Waals surface area contributed by atoms with Crippen LogP contribution < -0.4 is 4.90 Å². The topological polar surface area (TPSA) is 53.0 Å². The molecule has 5 nitrogen and oxygen atoms in total. The number of anilines is 1. The lowest BCUT2D eigenvalue weighted by Gasteiger charge is -2.28. The number of morpholine rings is 1. The summed E-state index contributed by atoms with van der Waals surface area (Å²) in [6.07, 6.45) is 2.46. The van der Waals surface area contributed by atoms with Crippen molar-refractivity contribution >= 4 is 11.6 Å². The predicted molar refractivity (Wildman–Crippen MR) is 92.0 cm³/mol. The minimum Gasteiger partial charge on any atom is -0.387 e. The van der Waals surface area contributed by atoms with Gasteiger partial charge in [-0.15, -0.1) is 0 Å². The normalized spacial score (nSPS) is 25.6. The van der Waals surface area contributed by atoms with Crippen molar-refractivity contribution in [2.75, 3.05) is 37.7 Å². The van der Waals surface area contributed by atoms with Crippen LogP contribution in [0.3, 0.4) is 0 Å². The van der Waals surface area contributed by atoms with E-state index in [4.69, 9.17) is 4.74 Å². The van der Waals surface area contributed by atoms with Crippen LogP contribution in [0.25, 0.3) is 0 Å². The highest BCUT2D eigenvalue weighted by Crippen LogP contribution is 2.39. The molecule has 130 valence electrons. The quantitative estimate of drug-likeness (QED) is 0.914. The van der Waals surface area contributed by atoms with Gasteiger partial charge in [0.2, 0.25) is 5.91 Å². The predicted octanol–water partition coefficient (Wildman–Crippen LogP) is 1.74. The Balaban J connectivity index is 1.49. The maximum absolute atomic E-state index is 12.5. The minimum atomic E-state index is -0.489. The maximum Gasteiger partial charge on any atom is 0.230 e. The largest absolute Gasteiger partial charge is 0.387 e. The Bertz CT molecular complexity index is 623. The summed E-state index contributed by atoms with van der Waals surface area (Å²) in [5.41, 5.74) is 3.19. The number of nitrogens with zero attached hydrogens (tertiary/aromatic N) is 2. The third-order valence-electron chi connectivity index (χ3n) is 5.40. The number of rotatable bonds is 4. The molecule has 1 aromatic carbocycles. The molecule has 2 aliphatic heterocycles. The lowest BCUT2D eigenvalue weighted by Crippen LogP contribution is -2.38. The van der Waals surface area contributed by atoms with Gasteiger partial charge in [-0.05, 0) is 43.4 Å². The monoisotopic (exact) mass is 330 g/mol. The minimum absolute atomic E-state index is 0.222. The van der Waals surface area contributed by atoms with E-state index in [1.807, 2.05) is 17.0 Å². The van der Waals surface area contributed by atoms with Crippen molar-refractivity contribution in [1.29, 1.82) is 0 Å². The molecule has 1 aliphatic carbocycles. The zero-order valence-electron chi connectivity index (χ0n) is 14.3. The highest BCUT2D eigenvalue weighted by atomic mass is 16.5. The Kier molecular flexibility index (Phi) is 4.33. The van der Waals surface area contributed by atoms with Crippen LogP contribution in [0.4, 0.5) is 5.69 Å². The van der Waals surface area contributed by atoms with Crippen molar-refractivity contribution in [2.45, 2.75) is 38.3 Å².